The standard InChI is InChI=1S/C26H28N2O3.ClH/c1-17-7-13-22(14-8-17)25(19(3)26(30)31)28-24(29)16-21-11-9-20(10-12-21)15-23-6-4-5-18(2)27-23;/h4-14,19,25H,15-16H2,1-3H3,(H,28,29)(H,30,31);1H/t19-,25+;/m1./s1. The number of carbonyl (C=O) groups excluding carboxylic acids is 1. The van der Waals surface area contributed by atoms with Crippen molar-refractivity contribution in [2.45, 2.75) is 39.7 Å². The second-order valence-corrected chi connectivity index (χ2v) is 8.02. The van der Waals surface area contributed by atoms with E-state index in [0.717, 1.165) is 40.1 Å². The van der Waals surface area contributed by atoms with Crippen LogP contribution in [0.25, 0.3) is 0 Å². The second-order valence-electron chi connectivity index (χ2n) is 8.02. The van der Waals surface area contributed by atoms with Gasteiger partial charge >= 0.3 is 5.97 Å². The van der Waals surface area contributed by atoms with E-state index < -0.39 is 17.9 Å². The van der Waals surface area contributed by atoms with Crippen LogP contribution in [0.4, 0.5) is 0 Å². The normalized spacial score (nSPS) is 12.3. The molecule has 0 bridgehead atoms. The Bertz CT molecular complexity index is 1050. The van der Waals surface area contributed by atoms with Gasteiger partial charge in [-0.1, -0.05) is 60.2 Å². The zero-order valence-electron chi connectivity index (χ0n) is 18.5. The molecule has 5 nitrogen and oxygen atoms in total. The first-order valence-electron chi connectivity index (χ1n) is 10.4. The Kier molecular flexibility index (Phi) is 8.97. The number of nitrogens with zero attached hydrogens (tertiary/aromatic N) is 1. The van der Waals surface area contributed by atoms with Crippen LogP contribution in [0.3, 0.4) is 0 Å². The van der Waals surface area contributed by atoms with Gasteiger partial charge < -0.3 is 10.4 Å². The van der Waals surface area contributed by atoms with Gasteiger partial charge in [0.1, 0.15) is 0 Å². The first-order valence-corrected chi connectivity index (χ1v) is 10.4. The number of carboxylic acid groups (broad SMARTS) is 1. The van der Waals surface area contributed by atoms with E-state index in [4.69, 9.17) is 0 Å². The van der Waals surface area contributed by atoms with Gasteiger partial charge in [-0.2, -0.15) is 0 Å². The van der Waals surface area contributed by atoms with Crippen molar-refractivity contribution in [3.63, 3.8) is 0 Å². The lowest BCUT2D eigenvalue weighted by Gasteiger charge is -2.23. The number of amides is 1. The number of carboxylic acids is 1. The highest BCUT2D eigenvalue weighted by atomic mass is 35.5. The van der Waals surface area contributed by atoms with Gasteiger partial charge in [0.15, 0.2) is 0 Å². The molecule has 168 valence electrons. The van der Waals surface area contributed by atoms with Gasteiger partial charge in [0.2, 0.25) is 5.91 Å². The van der Waals surface area contributed by atoms with E-state index in [9.17, 15) is 14.7 Å². The van der Waals surface area contributed by atoms with E-state index in [1.54, 1.807) is 6.92 Å². The van der Waals surface area contributed by atoms with Crippen molar-refractivity contribution in [3.05, 3.63) is 100 Å². The number of halogens is 1. The number of benzene rings is 2. The maximum atomic E-state index is 12.7. The Morgan fingerprint density at radius 2 is 1.56 bits per heavy atom. The molecule has 3 rings (SSSR count). The molecule has 0 saturated carbocycles. The van der Waals surface area contributed by atoms with Crippen LogP contribution in [-0.4, -0.2) is 22.0 Å². The summed E-state index contributed by atoms with van der Waals surface area (Å²) in [5, 5.41) is 12.4. The fourth-order valence-electron chi connectivity index (χ4n) is 3.51. The van der Waals surface area contributed by atoms with Crippen molar-refractivity contribution in [1.82, 2.24) is 10.3 Å². The van der Waals surface area contributed by atoms with Gasteiger partial charge in [0, 0.05) is 17.8 Å². The molecule has 0 saturated heterocycles. The summed E-state index contributed by atoms with van der Waals surface area (Å²) in [4.78, 5) is 28.8. The number of aryl methyl sites for hydroxylation is 2. The molecule has 1 heterocycles. The van der Waals surface area contributed by atoms with Crippen LogP contribution in [0, 0.1) is 19.8 Å². The van der Waals surface area contributed by atoms with Crippen molar-refractivity contribution in [1.29, 1.82) is 0 Å². The van der Waals surface area contributed by atoms with Crippen molar-refractivity contribution in [2.24, 2.45) is 5.92 Å². The minimum atomic E-state index is -0.944. The number of aromatic nitrogens is 1. The molecule has 1 amide bonds. The molecule has 2 N–H and O–H groups in total. The van der Waals surface area contributed by atoms with Gasteiger partial charge in [-0.15, -0.1) is 12.4 Å². The van der Waals surface area contributed by atoms with Gasteiger partial charge in [0.05, 0.1) is 18.4 Å². The van der Waals surface area contributed by atoms with E-state index in [0.29, 0.717) is 0 Å². The number of rotatable bonds is 8. The maximum Gasteiger partial charge on any atom is 0.308 e. The molecule has 32 heavy (non-hydrogen) atoms. The molecule has 3 aromatic rings. The van der Waals surface area contributed by atoms with Gasteiger partial charge in [-0.25, -0.2) is 0 Å². The third kappa shape index (κ3) is 6.92. The van der Waals surface area contributed by atoms with E-state index >= 15 is 0 Å². The number of carbonyl (C=O) groups is 2. The largest absolute Gasteiger partial charge is 0.481 e. The SMILES string of the molecule is Cc1ccc([C@@H](NC(=O)Cc2ccc(Cc3cccc(C)n3)cc2)[C@@H](C)C(=O)O)cc1.Cl. The van der Waals surface area contributed by atoms with Crippen LogP contribution in [-0.2, 0) is 22.4 Å². The second kappa shape index (κ2) is 11.4. The average Bonchev–Trinajstić information content (AvgIpc) is 2.74. The van der Waals surface area contributed by atoms with E-state index in [-0.39, 0.29) is 24.7 Å². The molecule has 0 spiro atoms. The maximum absolute atomic E-state index is 12.7. The molecule has 2 atom stereocenters. The fraction of sp³-hybridized carbons (Fsp3) is 0.269. The highest BCUT2D eigenvalue weighted by Crippen LogP contribution is 2.23. The molecule has 1 aromatic heterocycles. The molecule has 0 aliphatic carbocycles. The van der Waals surface area contributed by atoms with Crippen LogP contribution in [0.2, 0.25) is 0 Å². The van der Waals surface area contributed by atoms with Crippen LogP contribution in [0.1, 0.15) is 46.6 Å². The predicted molar refractivity (Wildman–Crippen MR) is 128 cm³/mol. The van der Waals surface area contributed by atoms with Crippen molar-refractivity contribution in [2.75, 3.05) is 0 Å². The molecule has 2 aromatic carbocycles. The minimum Gasteiger partial charge on any atom is -0.481 e. The molecule has 0 fully saturated rings. The summed E-state index contributed by atoms with van der Waals surface area (Å²) in [7, 11) is 0. The van der Waals surface area contributed by atoms with Crippen LogP contribution in [0.15, 0.2) is 66.7 Å². The summed E-state index contributed by atoms with van der Waals surface area (Å²) < 4.78 is 0. The summed E-state index contributed by atoms with van der Waals surface area (Å²) in [5.74, 6) is -1.89. The summed E-state index contributed by atoms with van der Waals surface area (Å²) >= 11 is 0. The van der Waals surface area contributed by atoms with Gasteiger partial charge in [-0.05, 0) is 49.6 Å². The van der Waals surface area contributed by atoms with Crippen LogP contribution in [0.5, 0.6) is 0 Å². The van der Waals surface area contributed by atoms with Gasteiger partial charge in [0.25, 0.3) is 0 Å². The zero-order valence-corrected chi connectivity index (χ0v) is 19.4. The smallest absolute Gasteiger partial charge is 0.308 e. The first kappa shape index (κ1) is 25.1. The van der Waals surface area contributed by atoms with Crippen molar-refractivity contribution < 1.29 is 14.7 Å². The summed E-state index contributed by atoms with van der Waals surface area (Å²) in [5.41, 5.74) is 5.87. The van der Waals surface area contributed by atoms with E-state index in [1.165, 1.54) is 0 Å². The van der Waals surface area contributed by atoms with Crippen molar-refractivity contribution in [3.8, 4) is 0 Å². The lowest BCUT2D eigenvalue weighted by Crippen LogP contribution is -2.36. The number of hydrogen-bond acceptors (Lipinski definition) is 3. The fourth-order valence-corrected chi connectivity index (χ4v) is 3.51. The highest BCUT2D eigenvalue weighted by molar-refractivity contribution is 5.85. The third-order valence-electron chi connectivity index (χ3n) is 5.36. The molecule has 0 aliphatic heterocycles. The summed E-state index contributed by atoms with van der Waals surface area (Å²) in [6.45, 7) is 5.55. The van der Waals surface area contributed by atoms with Crippen molar-refractivity contribution >= 4 is 24.3 Å². The van der Waals surface area contributed by atoms with E-state index in [1.807, 2.05) is 80.6 Å². The molecular weight excluding hydrogens is 424 g/mol. The Labute approximate surface area is 195 Å². The Morgan fingerprint density at radius 1 is 0.938 bits per heavy atom. The Morgan fingerprint density at radius 3 is 2.16 bits per heavy atom. The topological polar surface area (TPSA) is 79.3 Å². The first-order chi connectivity index (χ1) is 14.8. The van der Waals surface area contributed by atoms with Crippen LogP contribution < -0.4 is 5.32 Å². The summed E-state index contributed by atoms with van der Waals surface area (Å²) in [6.07, 6.45) is 0.928. The third-order valence-corrected chi connectivity index (χ3v) is 5.36. The molecule has 0 radical (unpaired) electrons. The van der Waals surface area contributed by atoms with Crippen LogP contribution >= 0.6 is 12.4 Å². The minimum absolute atomic E-state index is 0. The lowest BCUT2D eigenvalue weighted by atomic mass is 9.93. The number of hydrogen-bond donors (Lipinski definition) is 2. The highest BCUT2D eigenvalue weighted by Gasteiger charge is 2.26. The predicted octanol–water partition coefficient (Wildman–Crippen LogP) is 4.83. The Balaban J connectivity index is 0.00000363. The number of nitrogens with one attached hydrogen (secondary N) is 1. The molecular formula is C26H29ClN2O3. The van der Waals surface area contributed by atoms with Gasteiger partial charge in [-0.3, -0.25) is 14.6 Å². The quantitative estimate of drug-likeness (QED) is 0.513. The molecule has 6 heteroatoms. The number of pyridine rings is 1. The Hall–Kier alpha value is -3.18. The average molecular weight is 453 g/mol. The van der Waals surface area contributed by atoms with E-state index in [2.05, 4.69) is 10.3 Å². The monoisotopic (exact) mass is 452 g/mol. The zero-order chi connectivity index (χ0) is 22.4. The lowest BCUT2D eigenvalue weighted by molar-refractivity contribution is -0.142. The molecule has 0 aliphatic rings. The number of aliphatic carboxylic acids is 1. The molecule has 0 unspecified atom stereocenters. The summed E-state index contributed by atoms with van der Waals surface area (Å²) in [6, 6.07) is 20.9.